The summed E-state index contributed by atoms with van der Waals surface area (Å²) in [4.78, 5) is 15.8. The van der Waals surface area contributed by atoms with Gasteiger partial charge in [0.2, 0.25) is 5.91 Å². The number of H-pyrrole nitrogens is 1. The van der Waals surface area contributed by atoms with Crippen molar-refractivity contribution in [1.82, 2.24) is 19.7 Å². The van der Waals surface area contributed by atoms with Gasteiger partial charge in [0.15, 0.2) is 4.77 Å². The van der Waals surface area contributed by atoms with Crippen LogP contribution in [0, 0.1) is 4.77 Å². The average Bonchev–Trinajstić information content (AvgIpc) is 3.41. The summed E-state index contributed by atoms with van der Waals surface area (Å²) in [6.45, 7) is 5.82. The van der Waals surface area contributed by atoms with Gasteiger partial charge in [0.1, 0.15) is 11.6 Å². The number of rotatable bonds is 5. The van der Waals surface area contributed by atoms with Crippen molar-refractivity contribution < 1.29 is 9.53 Å². The van der Waals surface area contributed by atoms with Crippen molar-refractivity contribution in [2.75, 3.05) is 20.2 Å². The third-order valence-corrected chi connectivity index (χ3v) is 7.19. The number of carbonyl (C=O) groups is 1. The lowest BCUT2D eigenvalue weighted by Crippen LogP contribution is -2.48. The first-order valence-electron chi connectivity index (χ1n) is 11.1. The van der Waals surface area contributed by atoms with Crippen LogP contribution in [0.2, 0.25) is 0 Å². The molecule has 0 bridgehead atoms. The second-order valence-corrected chi connectivity index (χ2v) is 9.32. The highest BCUT2D eigenvalue weighted by atomic mass is 32.1. The molecule has 2 fully saturated rings. The van der Waals surface area contributed by atoms with Gasteiger partial charge in [-0.2, -0.15) is 5.10 Å². The van der Waals surface area contributed by atoms with Crippen LogP contribution in [0.25, 0.3) is 0 Å². The fourth-order valence-corrected chi connectivity index (χ4v) is 5.61. The molecule has 2 aliphatic rings. The summed E-state index contributed by atoms with van der Waals surface area (Å²) in [5, 5.41) is 7.47. The van der Waals surface area contributed by atoms with Gasteiger partial charge in [-0.3, -0.25) is 9.89 Å². The van der Waals surface area contributed by atoms with E-state index in [1.165, 1.54) is 0 Å². The molecule has 6 nitrogen and oxygen atoms in total. The number of nitrogens with one attached hydrogen (secondary N) is 1. The molecule has 0 radical (unpaired) electrons. The molecule has 1 saturated heterocycles. The Hall–Kier alpha value is -2.15. The number of amides is 1. The molecule has 2 aromatic rings. The highest BCUT2D eigenvalue weighted by molar-refractivity contribution is 7.71. The third-order valence-electron chi connectivity index (χ3n) is 6.90. The van der Waals surface area contributed by atoms with Crippen LogP contribution in [0.15, 0.2) is 24.3 Å². The molecule has 1 aromatic carbocycles. The molecule has 1 aliphatic carbocycles. The van der Waals surface area contributed by atoms with E-state index in [1.807, 2.05) is 12.1 Å². The van der Waals surface area contributed by atoms with Gasteiger partial charge in [0.05, 0.1) is 12.5 Å². The second-order valence-electron chi connectivity index (χ2n) is 8.93. The number of methoxy groups -OCH3 is 1. The molecule has 30 heavy (non-hydrogen) atoms. The molecule has 7 heteroatoms. The monoisotopic (exact) mass is 428 g/mol. The van der Waals surface area contributed by atoms with E-state index in [9.17, 15) is 4.79 Å². The number of hydrogen-bond acceptors (Lipinski definition) is 4. The van der Waals surface area contributed by atoms with Crippen LogP contribution in [0.1, 0.15) is 75.7 Å². The van der Waals surface area contributed by atoms with Crippen molar-refractivity contribution in [3.05, 3.63) is 40.4 Å². The summed E-state index contributed by atoms with van der Waals surface area (Å²) in [5.41, 5.74) is 0.755. The van der Waals surface area contributed by atoms with E-state index >= 15 is 0 Å². The number of hydrogen-bond donors (Lipinski definition) is 1. The number of benzene rings is 1. The number of likely N-dealkylation sites (tertiary alicyclic amines) is 1. The van der Waals surface area contributed by atoms with Gasteiger partial charge >= 0.3 is 0 Å². The van der Waals surface area contributed by atoms with Crippen LogP contribution in [0.3, 0.4) is 0 Å². The third kappa shape index (κ3) is 3.68. The zero-order chi connectivity index (χ0) is 21.3. The van der Waals surface area contributed by atoms with E-state index in [1.54, 1.807) is 7.11 Å². The Kier molecular flexibility index (Phi) is 6.00. The number of piperidine rings is 1. The molecule has 1 aromatic heterocycles. The predicted molar refractivity (Wildman–Crippen MR) is 119 cm³/mol. The predicted octanol–water partition coefficient (Wildman–Crippen LogP) is 4.75. The number of carbonyl (C=O) groups excluding carboxylic acids is 1. The molecular formula is C23H32N4O2S. The number of aromatic amines is 1. The zero-order valence-electron chi connectivity index (χ0n) is 18.2. The highest BCUT2D eigenvalue weighted by Gasteiger charge is 2.45. The first kappa shape index (κ1) is 21.1. The lowest BCUT2D eigenvalue weighted by molar-refractivity contribution is -0.138. The minimum Gasteiger partial charge on any atom is -0.497 e. The molecule has 0 spiro atoms. The smallest absolute Gasteiger partial charge is 0.233 e. The molecule has 4 rings (SSSR count). The minimum atomic E-state index is -0.378. The second kappa shape index (κ2) is 8.53. The van der Waals surface area contributed by atoms with Crippen LogP contribution in [-0.2, 0) is 10.2 Å². The van der Waals surface area contributed by atoms with Crippen molar-refractivity contribution in [1.29, 1.82) is 0 Å². The number of ether oxygens (including phenoxy) is 1. The Morgan fingerprint density at radius 2 is 1.83 bits per heavy atom. The molecule has 162 valence electrons. The molecule has 0 unspecified atom stereocenters. The quantitative estimate of drug-likeness (QED) is 0.698. The highest BCUT2D eigenvalue weighted by Crippen LogP contribution is 2.44. The largest absolute Gasteiger partial charge is 0.497 e. The Morgan fingerprint density at radius 3 is 2.40 bits per heavy atom. The van der Waals surface area contributed by atoms with Crippen molar-refractivity contribution >= 4 is 18.1 Å². The van der Waals surface area contributed by atoms with Gasteiger partial charge < -0.3 is 14.2 Å². The fraction of sp³-hybridized carbons (Fsp3) is 0.609. The van der Waals surface area contributed by atoms with Crippen molar-refractivity contribution in [2.45, 2.75) is 69.7 Å². The van der Waals surface area contributed by atoms with E-state index < -0.39 is 0 Å². The lowest BCUT2D eigenvalue weighted by Gasteiger charge is -2.38. The summed E-state index contributed by atoms with van der Waals surface area (Å²) >= 11 is 5.41. The van der Waals surface area contributed by atoms with E-state index in [4.69, 9.17) is 17.0 Å². The van der Waals surface area contributed by atoms with Crippen LogP contribution in [0.5, 0.6) is 5.75 Å². The Balaban J connectivity index is 1.51. The van der Waals surface area contributed by atoms with Crippen molar-refractivity contribution in [3.63, 3.8) is 0 Å². The van der Waals surface area contributed by atoms with Gasteiger partial charge in [-0.15, -0.1) is 0 Å². The summed E-state index contributed by atoms with van der Waals surface area (Å²) < 4.78 is 8.11. The van der Waals surface area contributed by atoms with E-state index in [0.717, 1.165) is 68.8 Å². The van der Waals surface area contributed by atoms with Crippen molar-refractivity contribution in [3.8, 4) is 5.75 Å². The summed E-state index contributed by atoms with van der Waals surface area (Å²) in [6.07, 6.45) is 5.94. The Bertz CT molecular complexity index is 933. The zero-order valence-corrected chi connectivity index (χ0v) is 19.0. The van der Waals surface area contributed by atoms with Gasteiger partial charge in [-0.1, -0.05) is 25.0 Å². The Morgan fingerprint density at radius 1 is 1.20 bits per heavy atom. The summed E-state index contributed by atoms with van der Waals surface area (Å²) in [5.74, 6) is 2.50. The molecule has 1 saturated carbocycles. The normalized spacial score (nSPS) is 19.4. The maximum absolute atomic E-state index is 13.8. The first-order valence-corrected chi connectivity index (χ1v) is 11.5. The molecular weight excluding hydrogens is 396 g/mol. The summed E-state index contributed by atoms with van der Waals surface area (Å²) in [7, 11) is 1.67. The average molecular weight is 429 g/mol. The molecule has 0 atom stereocenters. The topological polar surface area (TPSA) is 63.1 Å². The minimum absolute atomic E-state index is 0.280. The van der Waals surface area contributed by atoms with Crippen LogP contribution >= 0.6 is 12.2 Å². The first-order chi connectivity index (χ1) is 14.5. The molecule has 1 amide bonds. The molecule has 2 heterocycles. The van der Waals surface area contributed by atoms with E-state index in [0.29, 0.717) is 16.6 Å². The molecule has 1 N–H and O–H groups in total. The van der Waals surface area contributed by atoms with Crippen LogP contribution < -0.4 is 4.74 Å². The fourth-order valence-electron chi connectivity index (χ4n) is 5.26. The standard InChI is InChI=1S/C23H32N4O2S/c1-16(2)27-20(24-25-22(27)30)17-10-14-26(15-11-17)21(28)23(12-4-5-13-23)18-6-8-19(29-3)9-7-18/h6-9,16-17H,4-5,10-15H2,1-3H3,(H,25,30). The van der Waals surface area contributed by atoms with Gasteiger partial charge in [-0.05, 0) is 69.4 Å². The SMILES string of the molecule is COc1ccc(C2(C(=O)N3CCC(c4n[nH]c(=S)n4C(C)C)CC3)CCCC2)cc1. The maximum atomic E-state index is 13.8. The Labute approximate surface area is 183 Å². The lowest BCUT2D eigenvalue weighted by atomic mass is 9.77. The summed E-state index contributed by atoms with van der Waals surface area (Å²) in [6, 6.07) is 8.39. The van der Waals surface area contributed by atoms with Gasteiger partial charge in [-0.25, -0.2) is 0 Å². The van der Waals surface area contributed by atoms with Crippen LogP contribution in [0.4, 0.5) is 0 Å². The van der Waals surface area contributed by atoms with Gasteiger partial charge in [0, 0.05) is 25.0 Å². The van der Waals surface area contributed by atoms with Gasteiger partial charge in [0.25, 0.3) is 0 Å². The van der Waals surface area contributed by atoms with E-state index in [-0.39, 0.29) is 11.5 Å². The number of nitrogens with zero attached hydrogens (tertiary/aromatic N) is 3. The molecule has 1 aliphatic heterocycles. The maximum Gasteiger partial charge on any atom is 0.233 e. The van der Waals surface area contributed by atoms with Crippen LogP contribution in [-0.4, -0.2) is 45.8 Å². The van der Waals surface area contributed by atoms with Crippen molar-refractivity contribution in [2.24, 2.45) is 0 Å². The van der Waals surface area contributed by atoms with E-state index in [2.05, 4.69) is 45.6 Å². The number of aromatic nitrogens is 3.